The zero-order valence-corrected chi connectivity index (χ0v) is 27.2. The van der Waals surface area contributed by atoms with Crippen LogP contribution in [0.15, 0.2) is 102 Å². The van der Waals surface area contributed by atoms with E-state index in [0.29, 0.717) is 0 Å². The van der Waals surface area contributed by atoms with Gasteiger partial charge >= 0.3 is 0 Å². The summed E-state index contributed by atoms with van der Waals surface area (Å²) in [5.74, 6) is 0.747. The molecule has 0 N–H and O–H groups in total. The molecule has 0 unspecified atom stereocenters. The number of pyridine rings is 2. The third-order valence-electron chi connectivity index (χ3n) is 7.78. The molecule has 0 bridgehead atoms. The summed E-state index contributed by atoms with van der Waals surface area (Å²) < 4.78 is 6.22. The molecule has 0 amide bonds. The maximum atomic E-state index is 6.22. The van der Waals surface area contributed by atoms with Crippen molar-refractivity contribution in [3.05, 3.63) is 115 Å². The van der Waals surface area contributed by atoms with E-state index in [1.807, 2.05) is 60.9 Å². The number of furan rings is 1. The van der Waals surface area contributed by atoms with Crippen molar-refractivity contribution in [2.45, 2.75) is 51.2 Å². The van der Waals surface area contributed by atoms with Gasteiger partial charge in [0.1, 0.15) is 5.58 Å². The molecule has 41 heavy (non-hydrogen) atoms. The van der Waals surface area contributed by atoms with Crippen molar-refractivity contribution in [1.82, 2.24) is 9.97 Å². The Labute approximate surface area is 257 Å². The standard InChI is InChI=1S/C20H18NOSi.C16H16N.Ir/c1-23(2,3)18-12-11-14(16-9-6-7-13-21-16)20-19(18)15-8-4-5-10-17(15)22-20;1-2-8-14(9-3-1)16-11-10-15(12-17-16)13-6-4-5-7-13;/h4-10,12-13H,1-3H3;1-3,8,10-13H,4-7H2;/q2*-1;. The normalized spacial score (nSPS) is 13.5. The fourth-order valence-corrected chi connectivity index (χ4v) is 7.18. The van der Waals surface area contributed by atoms with E-state index >= 15 is 0 Å². The van der Waals surface area contributed by atoms with E-state index in [1.165, 1.54) is 47.2 Å². The van der Waals surface area contributed by atoms with Gasteiger partial charge in [0.05, 0.1) is 5.58 Å². The third kappa shape index (κ3) is 6.28. The van der Waals surface area contributed by atoms with E-state index in [1.54, 1.807) is 0 Å². The Balaban J connectivity index is 0.000000168. The van der Waals surface area contributed by atoms with Crippen LogP contribution in [0.1, 0.15) is 37.2 Å². The molecule has 3 heterocycles. The summed E-state index contributed by atoms with van der Waals surface area (Å²) >= 11 is 0. The third-order valence-corrected chi connectivity index (χ3v) is 9.79. The Morgan fingerprint density at radius 1 is 0.805 bits per heavy atom. The zero-order chi connectivity index (χ0) is 27.5. The molecule has 1 saturated carbocycles. The summed E-state index contributed by atoms with van der Waals surface area (Å²) in [6.45, 7) is 7.08. The fourth-order valence-electron chi connectivity index (χ4n) is 5.68. The second-order valence-electron chi connectivity index (χ2n) is 11.6. The largest absolute Gasteiger partial charge is 0.501 e. The van der Waals surface area contributed by atoms with Crippen LogP contribution in [0, 0.1) is 12.1 Å². The molecule has 3 nitrogen and oxygen atoms in total. The Kier molecular flexibility index (Phi) is 8.99. The van der Waals surface area contributed by atoms with Gasteiger partial charge in [0.15, 0.2) is 0 Å². The first-order valence-electron chi connectivity index (χ1n) is 14.2. The molecule has 1 aliphatic carbocycles. The molecule has 3 aromatic heterocycles. The number of aromatic nitrogens is 2. The van der Waals surface area contributed by atoms with Crippen LogP contribution < -0.4 is 5.19 Å². The van der Waals surface area contributed by atoms with Crippen molar-refractivity contribution >= 4 is 35.2 Å². The van der Waals surface area contributed by atoms with Crippen LogP contribution in [0.5, 0.6) is 0 Å². The fraction of sp³-hybridized carbons (Fsp3) is 0.222. The number of para-hydroxylation sites is 1. The molecule has 0 atom stereocenters. The maximum absolute atomic E-state index is 6.22. The minimum absolute atomic E-state index is 0. The van der Waals surface area contributed by atoms with Crippen LogP contribution in [0.4, 0.5) is 0 Å². The molecule has 7 rings (SSSR count). The number of fused-ring (bicyclic) bond motifs is 3. The summed E-state index contributed by atoms with van der Waals surface area (Å²) in [7, 11) is -1.51. The molecular weight excluding hydrogens is 697 g/mol. The molecule has 0 aliphatic heterocycles. The molecule has 1 fully saturated rings. The monoisotopic (exact) mass is 731 g/mol. The van der Waals surface area contributed by atoms with Gasteiger partial charge in [0.2, 0.25) is 0 Å². The van der Waals surface area contributed by atoms with Gasteiger partial charge in [-0.2, -0.15) is 0 Å². The molecule has 1 radical (unpaired) electrons. The number of benzene rings is 3. The first-order chi connectivity index (χ1) is 19.5. The minimum atomic E-state index is -1.51. The van der Waals surface area contributed by atoms with E-state index < -0.39 is 8.07 Å². The van der Waals surface area contributed by atoms with Crippen molar-refractivity contribution < 1.29 is 24.5 Å². The number of rotatable bonds is 4. The van der Waals surface area contributed by atoms with E-state index in [-0.39, 0.29) is 20.1 Å². The van der Waals surface area contributed by atoms with Gasteiger partial charge < -0.3 is 14.4 Å². The Hall–Kier alpha value is -3.37. The van der Waals surface area contributed by atoms with E-state index in [0.717, 1.165) is 39.6 Å². The van der Waals surface area contributed by atoms with E-state index in [9.17, 15) is 0 Å². The first-order valence-corrected chi connectivity index (χ1v) is 17.7. The topological polar surface area (TPSA) is 38.9 Å². The zero-order valence-electron chi connectivity index (χ0n) is 23.8. The average Bonchev–Trinajstić information content (AvgIpc) is 3.67. The van der Waals surface area contributed by atoms with E-state index in [4.69, 9.17) is 4.42 Å². The van der Waals surface area contributed by atoms with Crippen LogP contribution in [0.25, 0.3) is 44.5 Å². The minimum Gasteiger partial charge on any atom is -0.501 e. The number of nitrogens with zero attached hydrogens (tertiary/aromatic N) is 2. The van der Waals surface area contributed by atoms with Crippen LogP contribution in [-0.2, 0) is 20.1 Å². The number of hydrogen-bond acceptors (Lipinski definition) is 3. The molecule has 0 spiro atoms. The maximum Gasteiger partial charge on any atom is 0.120 e. The summed E-state index contributed by atoms with van der Waals surface area (Å²) in [6.07, 6.45) is 9.27. The summed E-state index contributed by atoms with van der Waals surface area (Å²) in [5.41, 5.74) is 7.18. The van der Waals surface area contributed by atoms with Gasteiger partial charge in [0, 0.05) is 46.0 Å². The molecule has 1 aliphatic rings. The SMILES string of the molecule is C[Si](C)(C)c1c[c-]c(-c2ccccn2)c2oc3ccccc3c12.[Ir].[c-]1ccccc1-c1ccc(C2CCCC2)cn1. The molecular formula is C36H34IrN2OSi-2. The Morgan fingerprint density at radius 2 is 1.59 bits per heavy atom. The first kappa shape index (κ1) is 29.1. The molecule has 3 aromatic carbocycles. The van der Waals surface area contributed by atoms with Gasteiger partial charge in [-0.1, -0.05) is 85.9 Å². The average molecular weight is 731 g/mol. The van der Waals surface area contributed by atoms with Gasteiger partial charge in [-0.15, -0.1) is 53.2 Å². The quantitative estimate of drug-likeness (QED) is 0.134. The van der Waals surface area contributed by atoms with Crippen molar-refractivity contribution in [2.75, 3.05) is 0 Å². The number of hydrogen-bond donors (Lipinski definition) is 0. The molecule has 209 valence electrons. The second-order valence-corrected chi connectivity index (χ2v) is 16.6. The predicted octanol–water partition coefficient (Wildman–Crippen LogP) is 9.20. The smallest absolute Gasteiger partial charge is 0.120 e. The summed E-state index contributed by atoms with van der Waals surface area (Å²) in [6, 6.07) is 35.4. The molecule has 5 heteroatoms. The van der Waals surface area contributed by atoms with Crippen molar-refractivity contribution in [3.8, 4) is 22.5 Å². The summed E-state index contributed by atoms with van der Waals surface area (Å²) in [4.78, 5) is 9.04. The van der Waals surface area contributed by atoms with Crippen molar-refractivity contribution in [3.63, 3.8) is 0 Å². The summed E-state index contributed by atoms with van der Waals surface area (Å²) in [5, 5.41) is 3.81. The van der Waals surface area contributed by atoms with Crippen molar-refractivity contribution in [1.29, 1.82) is 0 Å². The van der Waals surface area contributed by atoms with Crippen molar-refractivity contribution in [2.24, 2.45) is 0 Å². The van der Waals surface area contributed by atoms with E-state index in [2.05, 4.69) is 78.1 Å². The Morgan fingerprint density at radius 3 is 2.27 bits per heavy atom. The van der Waals surface area contributed by atoms with Gasteiger partial charge in [-0.3, -0.25) is 0 Å². The van der Waals surface area contributed by atoms with Crippen LogP contribution >= 0.6 is 0 Å². The molecule has 6 aromatic rings. The van der Waals surface area contributed by atoms with Crippen LogP contribution in [0.3, 0.4) is 0 Å². The van der Waals surface area contributed by atoms with Crippen LogP contribution in [0.2, 0.25) is 19.6 Å². The van der Waals surface area contributed by atoms with Gasteiger partial charge in [-0.25, -0.2) is 0 Å². The Bertz CT molecular complexity index is 1720. The second kappa shape index (κ2) is 12.6. The predicted molar refractivity (Wildman–Crippen MR) is 168 cm³/mol. The van der Waals surface area contributed by atoms with Crippen LogP contribution in [-0.4, -0.2) is 18.0 Å². The molecule has 0 saturated heterocycles. The van der Waals surface area contributed by atoms with Gasteiger partial charge in [0.25, 0.3) is 0 Å². The van der Waals surface area contributed by atoms with Gasteiger partial charge in [-0.05, 0) is 47.8 Å².